The van der Waals surface area contributed by atoms with E-state index in [4.69, 9.17) is 14.2 Å². The number of methoxy groups -OCH3 is 3. The summed E-state index contributed by atoms with van der Waals surface area (Å²) in [7, 11) is 5.04. The highest BCUT2D eigenvalue weighted by atomic mass is 32.2. The third-order valence-corrected chi connectivity index (χ3v) is 3.29. The maximum Gasteiger partial charge on any atom is 0.203 e. The predicted octanol–water partition coefficient (Wildman–Crippen LogP) is 1.95. The fraction of sp³-hybridized carbons (Fsp3) is 0.455. The van der Waals surface area contributed by atoms with E-state index in [2.05, 4.69) is 12.5 Å². The summed E-state index contributed by atoms with van der Waals surface area (Å²) in [5.74, 6) is 2.08. The largest absolute Gasteiger partial charge is 0.493 e. The molecular weight excluding hydrogens is 212 g/mol. The van der Waals surface area contributed by atoms with Gasteiger partial charge in [0.25, 0.3) is 0 Å². The standard InChI is InChI=1S/C11H17O3S/c1-12-9-6-8(15(4)5)7-10(13-2)11(9)14-3/h6-7H,1-5H3/q+1. The highest BCUT2D eigenvalue weighted by Gasteiger charge is 2.18. The molecule has 0 saturated heterocycles. The summed E-state index contributed by atoms with van der Waals surface area (Å²) in [6.07, 6.45) is 4.31. The van der Waals surface area contributed by atoms with Crippen LogP contribution < -0.4 is 14.2 Å². The maximum atomic E-state index is 5.27. The smallest absolute Gasteiger partial charge is 0.203 e. The molecule has 0 atom stereocenters. The van der Waals surface area contributed by atoms with E-state index in [1.165, 1.54) is 4.90 Å². The molecule has 0 aliphatic heterocycles. The maximum absolute atomic E-state index is 5.27. The third kappa shape index (κ3) is 2.50. The second kappa shape index (κ2) is 5.16. The highest BCUT2D eigenvalue weighted by molar-refractivity contribution is 7.95. The van der Waals surface area contributed by atoms with Crippen LogP contribution in [-0.4, -0.2) is 33.8 Å². The van der Waals surface area contributed by atoms with Crippen molar-refractivity contribution in [3.63, 3.8) is 0 Å². The first-order valence-electron chi connectivity index (χ1n) is 4.51. The molecule has 1 aromatic rings. The van der Waals surface area contributed by atoms with Gasteiger partial charge in [-0.15, -0.1) is 0 Å². The Hall–Kier alpha value is -1.03. The van der Waals surface area contributed by atoms with Gasteiger partial charge >= 0.3 is 0 Å². The minimum absolute atomic E-state index is 0.171. The molecule has 0 spiro atoms. The van der Waals surface area contributed by atoms with E-state index in [1.54, 1.807) is 21.3 Å². The van der Waals surface area contributed by atoms with E-state index in [9.17, 15) is 0 Å². The first kappa shape index (κ1) is 12.0. The normalized spacial score (nSPS) is 10.3. The van der Waals surface area contributed by atoms with Gasteiger partial charge in [0.2, 0.25) is 5.75 Å². The molecule has 0 heterocycles. The van der Waals surface area contributed by atoms with E-state index >= 15 is 0 Å². The van der Waals surface area contributed by atoms with Crippen LogP contribution in [0.4, 0.5) is 0 Å². The van der Waals surface area contributed by atoms with Gasteiger partial charge in [0.05, 0.1) is 21.3 Å². The van der Waals surface area contributed by atoms with Crippen LogP contribution in [0.25, 0.3) is 0 Å². The lowest BCUT2D eigenvalue weighted by Crippen LogP contribution is -2.00. The third-order valence-electron chi connectivity index (χ3n) is 2.11. The Morgan fingerprint density at radius 3 is 1.60 bits per heavy atom. The van der Waals surface area contributed by atoms with Gasteiger partial charge in [0.1, 0.15) is 12.5 Å². The Morgan fingerprint density at radius 1 is 0.867 bits per heavy atom. The minimum Gasteiger partial charge on any atom is -0.493 e. The number of rotatable bonds is 4. The molecule has 0 amide bonds. The zero-order valence-electron chi connectivity index (χ0n) is 9.79. The highest BCUT2D eigenvalue weighted by Crippen LogP contribution is 2.39. The van der Waals surface area contributed by atoms with Crippen molar-refractivity contribution in [1.29, 1.82) is 0 Å². The van der Waals surface area contributed by atoms with Gasteiger partial charge < -0.3 is 14.2 Å². The molecule has 0 aliphatic carbocycles. The Balaban J connectivity index is 3.29. The first-order valence-corrected chi connectivity index (χ1v) is 6.55. The fourth-order valence-electron chi connectivity index (χ4n) is 1.29. The lowest BCUT2D eigenvalue weighted by atomic mass is 10.3. The van der Waals surface area contributed by atoms with E-state index in [-0.39, 0.29) is 10.9 Å². The SMILES string of the molecule is COc1cc([S+](C)C)cc(OC)c1OC. The van der Waals surface area contributed by atoms with Gasteiger partial charge in [-0.3, -0.25) is 0 Å². The summed E-state index contributed by atoms with van der Waals surface area (Å²) < 4.78 is 15.8. The van der Waals surface area contributed by atoms with E-state index < -0.39 is 0 Å². The van der Waals surface area contributed by atoms with Crippen molar-refractivity contribution in [2.75, 3.05) is 33.8 Å². The number of hydrogen-bond donors (Lipinski definition) is 0. The quantitative estimate of drug-likeness (QED) is 0.739. The molecule has 3 nitrogen and oxygen atoms in total. The van der Waals surface area contributed by atoms with Gasteiger partial charge in [-0.1, -0.05) is 0 Å². The first-order chi connectivity index (χ1) is 7.13. The monoisotopic (exact) mass is 229 g/mol. The molecule has 4 heteroatoms. The average Bonchev–Trinajstić information content (AvgIpc) is 2.26. The van der Waals surface area contributed by atoms with Crippen molar-refractivity contribution in [2.45, 2.75) is 4.90 Å². The molecule has 0 aromatic heterocycles. The molecule has 15 heavy (non-hydrogen) atoms. The zero-order chi connectivity index (χ0) is 11.4. The zero-order valence-corrected chi connectivity index (χ0v) is 10.6. The van der Waals surface area contributed by atoms with E-state index in [0.29, 0.717) is 17.2 Å². The number of hydrogen-bond acceptors (Lipinski definition) is 3. The molecule has 0 bridgehead atoms. The van der Waals surface area contributed by atoms with Crippen LogP contribution in [0.3, 0.4) is 0 Å². The molecular formula is C11H17O3S+. The van der Waals surface area contributed by atoms with Gasteiger partial charge in [-0.25, -0.2) is 0 Å². The number of ether oxygens (including phenoxy) is 3. The summed E-state index contributed by atoms with van der Waals surface area (Å²) in [5, 5.41) is 0. The molecule has 0 saturated carbocycles. The van der Waals surface area contributed by atoms with Crippen LogP contribution in [0, 0.1) is 0 Å². The van der Waals surface area contributed by atoms with Gasteiger partial charge in [-0.05, 0) is 0 Å². The van der Waals surface area contributed by atoms with Gasteiger partial charge in [0.15, 0.2) is 16.4 Å². The van der Waals surface area contributed by atoms with Crippen molar-refractivity contribution in [2.24, 2.45) is 0 Å². The van der Waals surface area contributed by atoms with Crippen molar-refractivity contribution in [1.82, 2.24) is 0 Å². The van der Waals surface area contributed by atoms with Gasteiger partial charge in [0, 0.05) is 23.0 Å². The molecule has 84 valence electrons. The lowest BCUT2D eigenvalue weighted by Gasteiger charge is -2.12. The van der Waals surface area contributed by atoms with E-state index in [1.807, 2.05) is 12.1 Å². The van der Waals surface area contributed by atoms with Crippen molar-refractivity contribution >= 4 is 10.9 Å². The van der Waals surface area contributed by atoms with Crippen LogP contribution in [0.5, 0.6) is 17.2 Å². The van der Waals surface area contributed by atoms with Crippen LogP contribution in [0.15, 0.2) is 17.0 Å². The second-order valence-corrected chi connectivity index (χ2v) is 5.28. The topological polar surface area (TPSA) is 27.7 Å². The molecule has 1 aromatic carbocycles. The Morgan fingerprint density at radius 2 is 1.33 bits per heavy atom. The summed E-state index contributed by atoms with van der Waals surface area (Å²) in [5.41, 5.74) is 0. The van der Waals surface area contributed by atoms with Crippen LogP contribution in [0.2, 0.25) is 0 Å². The van der Waals surface area contributed by atoms with Crippen LogP contribution in [-0.2, 0) is 10.9 Å². The predicted molar refractivity (Wildman–Crippen MR) is 63.6 cm³/mol. The minimum atomic E-state index is 0.171. The average molecular weight is 229 g/mol. The summed E-state index contributed by atoms with van der Waals surface area (Å²) >= 11 is 0. The Labute approximate surface area is 93.7 Å². The fourth-order valence-corrected chi connectivity index (χ4v) is 1.98. The molecule has 0 radical (unpaired) electrons. The van der Waals surface area contributed by atoms with Crippen LogP contribution >= 0.6 is 0 Å². The Kier molecular flexibility index (Phi) is 4.15. The van der Waals surface area contributed by atoms with Gasteiger partial charge in [-0.2, -0.15) is 0 Å². The molecule has 0 aliphatic rings. The lowest BCUT2D eigenvalue weighted by molar-refractivity contribution is 0.323. The molecule has 0 fully saturated rings. The molecule has 1 rings (SSSR count). The second-order valence-electron chi connectivity index (χ2n) is 3.18. The molecule has 0 unspecified atom stereocenters. The molecule has 0 N–H and O–H groups in total. The Bertz CT molecular complexity index is 312. The summed E-state index contributed by atoms with van der Waals surface area (Å²) in [6, 6.07) is 3.98. The van der Waals surface area contributed by atoms with Crippen LogP contribution in [0.1, 0.15) is 0 Å². The van der Waals surface area contributed by atoms with Crippen molar-refractivity contribution < 1.29 is 14.2 Å². The summed E-state index contributed by atoms with van der Waals surface area (Å²) in [6.45, 7) is 0. The summed E-state index contributed by atoms with van der Waals surface area (Å²) in [4.78, 5) is 1.20. The number of benzene rings is 1. The van der Waals surface area contributed by atoms with E-state index in [0.717, 1.165) is 0 Å². The van der Waals surface area contributed by atoms with Crippen molar-refractivity contribution in [3.8, 4) is 17.2 Å². The van der Waals surface area contributed by atoms with Crippen molar-refractivity contribution in [3.05, 3.63) is 12.1 Å².